The van der Waals surface area contributed by atoms with Gasteiger partial charge in [-0.15, -0.1) is 0 Å². The maximum Gasteiger partial charge on any atom is 0.309 e. The average Bonchev–Trinajstić information content (AvgIpc) is 2.91. The molecule has 19 heavy (non-hydrogen) atoms. The monoisotopic (exact) mass is 269 g/mol. The van der Waals surface area contributed by atoms with Crippen LogP contribution in [0.15, 0.2) is 0 Å². The summed E-state index contributed by atoms with van der Waals surface area (Å²) in [5, 5.41) is 9.30. The lowest BCUT2D eigenvalue weighted by atomic mass is 9.74. The molecule has 1 N–H and O–H groups in total. The van der Waals surface area contributed by atoms with Gasteiger partial charge in [-0.25, -0.2) is 0 Å². The maximum atomic E-state index is 12.3. The van der Waals surface area contributed by atoms with E-state index in [1.165, 1.54) is 0 Å². The van der Waals surface area contributed by atoms with Crippen LogP contribution in [0.5, 0.6) is 0 Å². The Bertz CT molecular complexity index is 360. The van der Waals surface area contributed by atoms with Gasteiger partial charge in [-0.2, -0.15) is 0 Å². The molecular formula is C14H23NO4. The molecule has 108 valence electrons. The summed E-state index contributed by atoms with van der Waals surface area (Å²) >= 11 is 0. The number of carbonyl (C=O) groups excluding carboxylic acids is 1. The zero-order valence-corrected chi connectivity index (χ0v) is 11.7. The van der Waals surface area contributed by atoms with Gasteiger partial charge >= 0.3 is 5.97 Å². The van der Waals surface area contributed by atoms with Crippen LogP contribution in [0.1, 0.15) is 39.5 Å². The Hall–Kier alpha value is -1.10. The van der Waals surface area contributed by atoms with Crippen LogP contribution < -0.4 is 0 Å². The predicted molar refractivity (Wildman–Crippen MR) is 69.7 cm³/mol. The summed E-state index contributed by atoms with van der Waals surface area (Å²) in [4.78, 5) is 25.4. The van der Waals surface area contributed by atoms with Crippen molar-refractivity contribution in [3.05, 3.63) is 0 Å². The molecule has 2 fully saturated rings. The van der Waals surface area contributed by atoms with Crippen molar-refractivity contribution in [2.45, 2.75) is 45.6 Å². The van der Waals surface area contributed by atoms with E-state index >= 15 is 0 Å². The number of ether oxygens (including phenoxy) is 1. The molecule has 1 unspecified atom stereocenters. The van der Waals surface area contributed by atoms with Crippen LogP contribution in [0.25, 0.3) is 0 Å². The van der Waals surface area contributed by atoms with Crippen molar-refractivity contribution in [2.75, 3.05) is 19.7 Å². The molecule has 0 saturated carbocycles. The van der Waals surface area contributed by atoms with E-state index < -0.39 is 11.4 Å². The Balaban J connectivity index is 2.00. The zero-order chi connectivity index (χ0) is 14.0. The Morgan fingerprint density at radius 2 is 2.00 bits per heavy atom. The van der Waals surface area contributed by atoms with Crippen LogP contribution in [0.3, 0.4) is 0 Å². The number of amides is 1. The molecule has 0 aromatic heterocycles. The van der Waals surface area contributed by atoms with Crippen LogP contribution in [0.4, 0.5) is 0 Å². The van der Waals surface area contributed by atoms with Crippen LogP contribution in [0.2, 0.25) is 0 Å². The second-order valence-corrected chi connectivity index (χ2v) is 6.15. The molecule has 2 aliphatic rings. The highest BCUT2D eigenvalue weighted by atomic mass is 16.5. The number of carboxylic acid groups (broad SMARTS) is 1. The highest BCUT2D eigenvalue weighted by Gasteiger charge is 2.41. The van der Waals surface area contributed by atoms with Gasteiger partial charge in [0.1, 0.15) is 6.10 Å². The minimum Gasteiger partial charge on any atom is -0.481 e. The van der Waals surface area contributed by atoms with E-state index in [-0.39, 0.29) is 17.9 Å². The number of carboxylic acids is 1. The normalized spacial score (nSPS) is 28.4. The van der Waals surface area contributed by atoms with Gasteiger partial charge in [0.05, 0.1) is 5.41 Å². The Morgan fingerprint density at radius 1 is 1.26 bits per heavy atom. The summed E-state index contributed by atoms with van der Waals surface area (Å²) in [6, 6.07) is 0. The third kappa shape index (κ3) is 2.91. The van der Waals surface area contributed by atoms with Gasteiger partial charge in [0, 0.05) is 19.7 Å². The Kier molecular flexibility index (Phi) is 4.13. The molecule has 2 atom stereocenters. The van der Waals surface area contributed by atoms with E-state index in [1.54, 1.807) is 18.7 Å². The summed E-state index contributed by atoms with van der Waals surface area (Å²) in [6.07, 6.45) is 3.18. The third-order valence-electron chi connectivity index (χ3n) is 4.51. The Morgan fingerprint density at radius 3 is 2.58 bits per heavy atom. The van der Waals surface area contributed by atoms with Gasteiger partial charge in [-0.1, -0.05) is 0 Å². The quantitative estimate of drug-likeness (QED) is 0.843. The van der Waals surface area contributed by atoms with Gasteiger partial charge in [-0.05, 0) is 45.4 Å². The fourth-order valence-corrected chi connectivity index (χ4v) is 2.92. The molecule has 2 saturated heterocycles. The summed E-state index contributed by atoms with van der Waals surface area (Å²) < 4.78 is 5.43. The lowest BCUT2D eigenvalue weighted by molar-refractivity contribution is -0.154. The zero-order valence-electron chi connectivity index (χ0n) is 11.7. The lowest BCUT2D eigenvalue weighted by Crippen LogP contribution is -2.49. The SMILES string of the molecule is CC(C)(C(=O)O)C1CCCN(C(=O)[C@H]2CCCO2)C1. The van der Waals surface area contributed by atoms with Crippen molar-refractivity contribution in [1.82, 2.24) is 4.90 Å². The topological polar surface area (TPSA) is 66.8 Å². The number of likely N-dealkylation sites (tertiary alicyclic amines) is 1. The summed E-state index contributed by atoms with van der Waals surface area (Å²) in [6.45, 7) is 5.43. The van der Waals surface area contributed by atoms with Crippen molar-refractivity contribution in [1.29, 1.82) is 0 Å². The molecule has 5 heteroatoms. The van der Waals surface area contributed by atoms with E-state index in [0.717, 1.165) is 32.2 Å². The molecule has 2 aliphatic heterocycles. The second kappa shape index (κ2) is 5.49. The standard InChI is InChI=1S/C14H23NO4/c1-14(2,13(17)18)10-5-3-7-15(9-10)12(16)11-6-4-8-19-11/h10-11H,3-9H2,1-2H3,(H,17,18)/t10?,11-/m1/s1. The summed E-state index contributed by atoms with van der Waals surface area (Å²) in [7, 11) is 0. The van der Waals surface area contributed by atoms with Crippen LogP contribution in [-0.2, 0) is 14.3 Å². The first kappa shape index (κ1) is 14.3. The smallest absolute Gasteiger partial charge is 0.309 e. The molecule has 0 radical (unpaired) electrons. The largest absolute Gasteiger partial charge is 0.481 e. The van der Waals surface area contributed by atoms with Gasteiger partial charge < -0.3 is 14.7 Å². The maximum absolute atomic E-state index is 12.3. The first-order valence-corrected chi connectivity index (χ1v) is 7.06. The second-order valence-electron chi connectivity index (χ2n) is 6.15. The first-order valence-electron chi connectivity index (χ1n) is 7.06. The van der Waals surface area contributed by atoms with Gasteiger partial charge in [0.2, 0.25) is 0 Å². The van der Waals surface area contributed by atoms with Crippen molar-refractivity contribution in [3.8, 4) is 0 Å². The van der Waals surface area contributed by atoms with Crippen LogP contribution >= 0.6 is 0 Å². The van der Waals surface area contributed by atoms with Crippen molar-refractivity contribution in [2.24, 2.45) is 11.3 Å². The number of piperidine rings is 1. The van der Waals surface area contributed by atoms with Crippen molar-refractivity contribution < 1.29 is 19.4 Å². The molecule has 0 aromatic carbocycles. The molecule has 0 aromatic rings. The van der Waals surface area contributed by atoms with E-state index in [2.05, 4.69) is 0 Å². The number of hydrogen-bond donors (Lipinski definition) is 1. The number of carbonyl (C=O) groups is 2. The molecule has 0 bridgehead atoms. The van der Waals surface area contributed by atoms with Crippen LogP contribution in [-0.4, -0.2) is 47.7 Å². The molecule has 5 nitrogen and oxygen atoms in total. The predicted octanol–water partition coefficient (Wildman–Crippen LogP) is 1.51. The molecule has 2 heterocycles. The minimum atomic E-state index is -0.788. The summed E-state index contributed by atoms with van der Waals surface area (Å²) in [5.41, 5.74) is -0.782. The lowest BCUT2D eigenvalue weighted by Gasteiger charge is -2.39. The average molecular weight is 269 g/mol. The number of nitrogens with zero attached hydrogens (tertiary/aromatic N) is 1. The molecule has 0 spiro atoms. The van der Waals surface area contributed by atoms with E-state index in [4.69, 9.17) is 4.74 Å². The van der Waals surface area contributed by atoms with Crippen LogP contribution in [0, 0.1) is 11.3 Å². The van der Waals surface area contributed by atoms with E-state index in [0.29, 0.717) is 13.2 Å². The highest BCUT2D eigenvalue weighted by molar-refractivity contribution is 5.81. The van der Waals surface area contributed by atoms with E-state index in [1.807, 2.05) is 0 Å². The number of rotatable bonds is 3. The third-order valence-corrected chi connectivity index (χ3v) is 4.51. The van der Waals surface area contributed by atoms with Gasteiger partial charge in [0.15, 0.2) is 0 Å². The van der Waals surface area contributed by atoms with Crippen molar-refractivity contribution >= 4 is 11.9 Å². The van der Waals surface area contributed by atoms with Crippen molar-refractivity contribution in [3.63, 3.8) is 0 Å². The summed E-state index contributed by atoms with van der Waals surface area (Å²) in [5.74, 6) is -0.726. The van der Waals surface area contributed by atoms with Gasteiger partial charge in [0.25, 0.3) is 5.91 Å². The molecule has 1 amide bonds. The first-order chi connectivity index (χ1) is 8.93. The molecule has 0 aliphatic carbocycles. The Labute approximate surface area is 113 Å². The highest BCUT2D eigenvalue weighted by Crippen LogP contribution is 2.34. The molecule has 2 rings (SSSR count). The fourth-order valence-electron chi connectivity index (χ4n) is 2.92. The van der Waals surface area contributed by atoms with E-state index in [9.17, 15) is 14.7 Å². The fraction of sp³-hybridized carbons (Fsp3) is 0.857. The van der Waals surface area contributed by atoms with Gasteiger partial charge in [-0.3, -0.25) is 9.59 Å². The number of aliphatic carboxylic acids is 1. The minimum absolute atomic E-state index is 0.0177. The molecular weight excluding hydrogens is 246 g/mol. The number of hydrogen-bond acceptors (Lipinski definition) is 3.